The summed E-state index contributed by atoms with van der Waals surface area (Å²) in [7, 11) is 0. The third kappa shape index (κ3) is 1.85. The highest BCUT2D eigenvalue weighted by Gasteiger charge is 2.04. The fraction of sp³-hybridized carbons (Fsp3) is 0. The van der Waals surface area contributed by atoms with Crippen LogP contribution >= 0.6 is 11.6 Å². The van der Waals surface area contributed by atoms with Gasteiger partial charge in [-0.25, -0.2) is 4.98 Å². The van der Waals surface area contributed by atoms with E-state index in [0.717, 1.165) is 17.2 Å². The van der Waals surface area contributed by atoms with Crippen molar-refractivity contribution in [2.45, 2.75) is 0 Å². The number of fused-ring (bicyclic) bond motifs is 1. The molecule has 0 fully saturated rings. The fourth-order valence-electron chi connectivity index (χ4n) is 1.72. The monoisotopic (exact) mass is 243 g/mol. The highest BCUT2D eigenvalue weighted by atomic mass is 35.5. The predicted molar refractivity (Wildman–Crippen MR) is 69.9 cm³/mol. The Morgan fingerprint density at radius 1 is 1.06 bits per heavy atom. The molecule has 0 aliphatic carbocycles. The Hall–Kier alpha value is -2.00. The van der Waals surface area contributed by atoms with Gasteiger partial charge in [-0.05, 0) is 24.3 Å². The highest BCUT2D eigenvalue weighted by Crippen LogP contribution is 2.24. The summed E-state index contributed by atoms with van der Waals surface area (Å²) in [6.07, 6.45) is 3.78. The van der Waals surface area contributed by atoms with Crippen LogP contribution in [0, 0.1) is 0 Å². The van der Waals surface area contributed by atoms with Crippen molar-refractivity contribution in [3.63, 3.8) is 0 Å². The number of anilines is 2. The topological polar surface area (TPSA) is 29.3 Å². The van der Waals surface area contributed by atoms with Crippen LogP contribution in [-0.4, -0.2) is 9.38 Å². The quantitative estimate of drug-likeness (QED) is 0.743. The van der Waals surface area contributed by atoms with E-state index in [4.69, 9.17) is 11.6 Å². The molecule has 2 heterocycles. The van der Waals surface area contributed by atoms with Gasteiger partial charge in [-0.15, -0.1) is 0 Å². The summed E-state index contributed by atoms with van der Waals surface area (Å²) in [5.74, 6) is 0.758. The molecule has 0 aliphatic rings. The maximum atomic E-state index is 6.09. The van der Waals surface area contributed by atoms with Gasteiger partial charge in [-0.1, -0.05) is 29.8 Å². The number of hydrogen-bond donors (Lipinski definition) is 1. The van der Waals surface area contributed by atoms with Crippen molar-refractivity contribution < 1.29 is 0 Å². The van der Waals surface area contributed by atoms with Crippen LogP contribution < -0.4 is 5.32 Å². The van der Waals surface area contributed by atoms with Crippen LogP contribution in [0.15, 0.2) is 54.9 Å². The van der Waals surface area contributed by atoms with E-state index in [1.165, 1.54) is 0 Å². The minimum Gasteiger partial charge on any atom is -0.324 e. The third-order valence-corrected chi connectivity index (χ3v) is 2.89. The molecule has 4 heteroatoms. The van der Waals surface area contributed by atoms with Gasteiger partial charge in [0.25, 0.3) is 0 Å². The average Bonchev–Trinajstić information content (AvgIpc) is 2.76. The van der Waals surface area contributed by atoms with Crippen LogP contribution in [0.1, 0.15) is 0 Å². The van der Waals surface area contributed by atoms with Crippen molar-refractivity contribution in [3.8, 4) is 0 Å². The Bertz CT molecular complexity index is 660. The second-order valence-corrected chi connectivity index (χ2v) is 4.09. The Kier molecular flexibility index (Phi) is 2.46. The van der Waals surface area contributed by atoms with Crippen LogP contribution in [0.25, 0.3) is 5.52 Å². The number of rotatable bonds is 2. The van der Waals surface area contributed by atoms with Gasteiger partial charge in [-0.3, -0.25) is 4.40 Å². The number of hydrogen-bond acceptors (Lipinski definition) is 2. The molecule has 0 amide bonds. The molecule has 0 unspecified atom stereocenters. The second kappa shape index (κ2) is 4.11. The summed E-state index contributed by atoms with van der Waals surface area (Å²) in [5, 5.41) is 3.90. The molecule has 1 aromatic carbocycles. The summed E-state index contributed by atoms with van der Waals surface area (Å²) in [4.78, 5) is 4.32. The zero-order valence-electron chi connectivity index (χ0n) is 8.97. The molecule has 0 atom stereocenters. The largest absolute Gasteiger partial charge is 0.324 e. The molecule has 0 aliphatic heterocycles. The van der Waals surface area contributed by atoms with Gasteiger partial charge in [0.15, 0.2) is 0 Å². The summed E-state index contributed by atoms with van der Waals surface area (Å²) >= 11 is 6.09. The van der Waals surface area contributed by atoms with E-state index in [2.05, 4.69) is 10.3 Å². The van der Waals surface area contributed by atoms with Crippen molar-refractivity contribution in [3.05, 3.63) is 59.9 Å². The SMILES string of the molecule is Clc1ccccc1Nc1ncc2ccccn12. The number of nitrogens with zero attached hydrogens (tertiary/aromatic N) is 2. The van der Waals surface area contributed by atoms with E-state index in [9.17, 15) is 0 Å². The minimum absolute atomic E-state index is 0.681. The summed E-state index contributed by atoms with van der Waals surface area (Å²) in [5.41, 5.74) is 1.90. The maximum absolute atomic E-state index is 6.09. The Balaban J connectivity index is 2.03. The molecule has 17 heavy (non-hydrogen) atoms. The van der Waals surface area contributed by atoms with E-state index in [-0.39, 0.29) is 0 Å². The number of benzene rings is 1. The molecular formula is C13H10ClN3. The molecule has 3 aromatic rings. The molecule has 0 saturated carbocycles. The summed E-state index contributed by atoms with van der Waals surface area (Å²) in [6.45, 7) is 0. The number of nitrogens with one attached hydrogen (secondary N) is 1. The van der Waals surface area contributed by atoms with Crippen LogP contribution in [0.5, 0.6) is 0 Å². The van der Waals surface area contributed by atoms with Crippen molar-refractivity contribution in [1.29, 1.82) is 0 Å². The molecule has 3 nitrogen and oxygen atoms in total. The third-order valence-electron chi connectivity index (χ3n) is 2.56. The van der Waals surface area contributed by atoms with Crippen LogP contribution in [-0.2, 0) is 0 Å². The summed E-state index contributed by atoms with van der Waals surface area (Å²) < 4.78 is 1.98. The Morgan fingerprint density at radius 2 is 1.88 bits per heavy atom. The first-order valence-corrected chi connectivity index (χ1v) is 5.66. The lowest BCUT2D eigenvalue weighted by atomic mass is 10.3. The van der Waals surface area contributed by atoms with Gasteiger partial charge in [0.05, 0.1) is 22.4 Å². The molecule has 0 radical (unpaired) electrons. The van der Waals surface area contributed by atoms with Gasteiger partial charge in [0.1, 0.15) is 0 Å². The van der Waals surface area contributed by atoms with Crippen molar-refractivity contribution in [2.75, 3.05) is 5.32 Å². The normalized spacial score (nSPS) is 10.6. The summed E-state index contributed by atoms with van der Waals surface area (Å²) in [6, 6.07) is 13.6. The predicted octanol–water partition coefficient (Wildman–Crippen LogP) is 3.73. The highest BCUT2D eigenvalue weighted by molar-refractivity contribution is 6.33. The van der Waals surface area contributed by atoms with Gasteiger partial charge >= 0.3 is 0 Å². The number of para-hydroxylation sites is 1. The number of imidazole rings is 1. The zero-order chi connectivity index (χ0) is 11.7. The molecule has 2 aromatic heterocycles. The van der Waals surface area contributed by atoms with Crippen LogP contribution in [0.3, 0.4) is 0 Å². The zero-order valence-corrected chi connectivity index (χ0v) is 9.72. The fourth-order valence-corrected chi connectivity index (χ4v) is 1.90. The first-order valence-electron chi connectivity index (χ1n) is 5.28. The van der Waals surface area contributed by atoms with E-state index >= 15 is 0 Å². The maximum Gasteiger partial charge on any atom is 0.212 e. The lowest BCUT2D eigenvalue weighted by molar-refractivity contribution is 1.15. The lowest BCUT2D eigenvalue weighted by Gasteiger charge is -2.06. The molecule has 0 bridgehead atoms. The average molecular weight is 244 g/mol. The Morgan fingerprint density at radius 3 is 2.76 bits per heavy atom. The van der Waals surface area contributed by atoms with E-state index in [1.807, 2.05) is 59.3 Å². The molecule has 84 valence electrons. The van der Waals surface area contributed by atoms with E-state index < -0.39 is 0 Å². The molecular weight excluding hydrogens is 234 g/mol. The molecule has 3 rings (SSSR count). The molecule has 0 spiro atoms. The van der Waals surface area contributed by atoms with Crippen molar-refractivity contribution in [1.82, 2.24) is 9.38 Å². The molecule has 0 saturated heterocycles. The minimum atomic E-state index is 0.681. The number of pyridine rings is 1. The van der Waals surface area contributed by atoms with Crippen molar-refractivity contribution in [2.24, 2.45) is 0 Å². The first-order chi connectivity index (χ1) is 8.34. The Labute approximate surface area is 104 Å². The number of aromatic nitrogens is 2. The van der Waals surface area contributed by atoms with Gasteiger partial charge in [0, 0.05) is 6.20 Å². The van der Waals surface area contributed by atoms with E-state index in [0.29, 0.717) is 5.02 Å². The van der Waals surface area contributed by atoms with Gasteiger partial charge in [-0.2, -0.15) is 0 Å². The van der Waals surface area contributed by atoms with Gasteiger partial charge in [0.2, 0.25) is 5.95 Å². The van der Waals surface area contributed by atoms with E-state index in [1.54, 1.807) is 0 Å². The van der Waals surface area contributed by atoms with Crippen LogP contribution in [0.2, 0.25) is 5.02 Å². The smallest absolute Gasteiger partial charge is 0.212 e. The number of halogens is 1. The van der Waals surface area contributed by atoms with Crippen LogP contribution in [0.4, 0.5) is 11.6 Å². The standard InChI is InChI=1S/C13H10ClN3/c14-11-6-1-2-7-12(11)16-13-15-9-10-5-3-4-8-17(10)13/h1-9H,(H,15,16). The van der Waals surface area contributed by atoms with Crippen molar-refractivity contribution >= 4 is 28.8 Å². The van der Waals surface area contributed by atoms with Gasteiger partial charge < -0.3 is 5.32 Å². The second-order valence-electron chi connectivity index (χ2n) is 3.68. The first kappa shape index (κ1) is 10.2. The lowest BCUT2D eigenvalue weighted by Crippen LogP contribution is -1.96. The molecule has 1 N–H and O–H groups in total.